The Morgan fingerprint density at radius 3 is 2.73 bits per heavy atom. The van der Waals surface area contributed by atoms with E-state index in [1.54, 1.807) is 6.92 Å². The Bertz CT molecular complexity index is 1610. The summed E-state index contributed by atoms with van der Waals surface area (Å²) in [5.41, 5.74) is 0.0124. The number of aromatic hydroxyl groups is 1. The lowest BCUT2D eigenvalue weighted by molar-refractivity contribution is -0.174. The van der Waals surface area contributed by atoms with E-state index in [9.17, 15) is 37.8 Å². The summed E-state index contributed by atoms with van der Waals surface area (Å²) < 4.78 is 45.8. The number of benzene rings is 1. The molecule has 0 radical (unpaired) electrons. The van der Waals surface area contributed by atoms with E-state index >= 15 is 0 Å². The Labute approximate surface area is 206 Å². The van der Waals surface area contributed by atoms with Crippen LogP contribution in [0.4, 0.5) is 13.2 Å². The van der Waals surface area contributed by atoms with Gasteiger partial charge in [0, 0.05) is 22.6 Å². The van der Waals surface area contributed by atoms with Gasteiger partial charge < -0.3 is 24.8 Å². The molecule has 3 aromatic rings. The number of halogens is 3. The Hall–Kier alpha value is -3.93. The number of pyridine rings is 2. The lowest BCUT2D eigenvalue weighted by Gasteiger charge is -2.31. The summed E-state index contributed by atoms with van der Waals surface area (Å²) >= 11 is 0. The van der Waals surface area contributed by atoms with Crippen LogP contribution in [0, 0.1) is 0 Å². The van der Waals surface area contributed by atoms with Gasteiger partial charge in [0.1, 0.15) is 12.4 Å². The highest BCUT2D eigenvalue weighted by atomic mass is 19.4. The topological polar surface area (TPSA) is 131 Å². The molecule has 6 rings (SSSR count). The van der Waals surface area contributed by atoms with Gasteiger partial charge in [-0.05, 0) is 42.5 Å². The second-order valence-electron chi connectivity index (χ2n) is 9.52. The number of fused-ring (bicyclic) bond motifs is 5. The minimum atomic E-state index is -5.08. The highest BCUT2D eigenvalue weighted by Crippen LogP contribution is 2.45. The molecule has 9 nitrogen and oxygen atoms in total. The number of alkyl halides is 3. The Morgan fingerprint density at radius 2 is 2.03 bits per heavy atom. The standard InChI is InChI=1S/C25H20F3N3O6/c1-2-24(36)14-7-17-20-12(8-31(17)21(33)13(14)9-37-23(24)35)19-15(30-22(34)25(26,27)28)4-3-10-5-11(32)6-16(29-20)18(10)19/h5-7,15,32,36H,2-4,8-9H2,1H3,(H,30,34)/t15-,24-/m0/s1. The summed E-state index contributed by atoms with van der Waals surface area (Å²) in [5, 5.41) is 23.9. The number of hydrogen-bond donors (Lipinski definition) is 3. The molecule has 192 valence electrons. The lowest BCUT2D eigenvalue weighted by atomic mass is 9.83. The summed E-state index contributed by atoms with van der Waals surface area (Å²) in [6.45, 7) is 1.21. The predicted molar refractivity (Wildman–Crippen MR) is 121 cm³/mol. The van der Waals surface area contributed by atoms with Crippen molar-refractivity contribution in [3.63, 3.8) is 0 Å². The molecule has 37 heavy (non-hydrogen) atoms. The number of nitrogens with zero attached hydrogens (tertiary/aromatic N) is 2. The van der Waals surface area contributed by atoms with Crippen LogP contribution in [0.5, 0.6) is 5.75 Å². The largest absolute Gasteiger partial charge is 0.508 e. The molecule has 2 aliphatic heterocycles. The number of carbonyl (C=O) groups excluding carboxylic acids is 2. The normalized spacial score (nSPS) is 21.8. The molecule has 12 heteroatoms. The maximum Gasteiger partial charge on any atom is 0.471 e. The average molecular weight is 515 g/mol. The van der Waals surface area contributed by atoms with Crippen LogP contribution in [0.15, 0.2) is 23.0 Å². The van der Waals surface area contributed by atoms with Gasteiger partial charge in [0.15, 0.2) is 5.60 Å². The number of amides is 1. The van der Waals surface area contributed by atoms with Gasteiger partial charge in [-0.15, -0.1) is 0 Å². The number of ether oxygens (including phenoxy) is 1. The number of phenolic OH excluding ortho intramolecular Hbond substituents is 1. The van der Waals surface area contributed by atoms with Crippen molar-refractivity contribution in [2.45, 2.75) is 57.2 Å². The van der Waals surface area contributed by atoms with Gasteiger partial charge in [-0.25, -0.2) is 9.78 Å². The number of rotatable bonds is 2. The first-order valence-electron chi connectivity index (χ1n) is 11.7. The van der Waals surface area contributed by atoms with Gasteiger partial charge in [-0.3, -0.25) is 9.59 Å². The Balaban J connectivity index is 1.62. The van der Waals surface area contributed by atoms with Gasteiger partial charge in [-0.2, -0.15) is 13.2 Å². The van der Waals surface area contributed by atoms with E-state index in [1.165, 1.54) is 22.8 Å². The number of aryl methyl sites for hydroxylation is 1. The molecule has 2 aromatic heterocycles. The highest BCUT2D eigenvalue weighted by Gasteiger charge is 2.46. The first kappa shape index (κ1) is 23.5. The number of esters is 1. The third kappa shape index (κ3) is 3.21. The van der Waals surface area contributed by atoms with Crippen LogP contribution in [0.25, 0.3) is 22.3 Å². The number of carbonyl (C=O) groups is 2. The number of phenols is 1. The second kappa shape index (κ2) is 7.54. The van der Waals surface area contributed by atoms with Crippen molar-refractivity contribution < 1.29 is 37.7 Å². The van der Waals surface area contributed by atoms with Crippen molar-refractivity contribution in [3.05, 3.63) is 56.4 Å². The van der Waals surface area contributed by atoms with Crippen LogP contribution in [-0.2, 0) is 39.5 Å². The van der Waals surface area contributed by atoms with E-state index in [1.807, 2.05) is 0 Å². The zero-order chi connectivity index (χ0) is 26.4. The minimum absolute atomic E-state index is 0.0355. The summed E-state index contributed by atoms with van der Waals surface area (Å²) in [6.07, 6.45) is -4.69. The summed E-state index contributed by atoms with van der Waals surface area (Å²) in [7, 11) is 0. The van der Waals surface area contributed by atoms with E-state index in [2.05, 4.69) is 10.3 Å². The molecule has 3 N–H and O–H groups in total. The lowest BCUT2D eigenvalue weighted by Crippen LogP contribution is -2.44. The summed E-state index contributed by atoms with van der Waals surface area (Å²) in [6, 6.07) is 3.37. The number of hydrogen-bond acceptors (Lipinski definition) is 7. The first-order chi connectivity index (χ1) is 17.4. The van der Waals surface area contributed by atoms with Gasteiger partial charge in [0.05, 0.1) is 35.1 Å². The number of aliphatic hydroxyl groups is 1. The van der Waals surface area contributed by atoms with Gasteiger partial charge in [-0.1, -0.05) is 6.92 Å². The molecular formula is C25H20F3N3O6. The van der Waals surface area contributed by atoms with Crippen LogP contribution in [-0.4, -0.2) is 37.8 Å². The monoisotopic (exact) mass is 515 g/mol. The maximum absolute atomic E-state index is 13.5. The fraction of sp³-hybridized carbons (Fsp3) is 0.360. The Morgan fingerprint density at radius 1 is 1.27 bits per heavy atom. The average Bonchev–Trinajstić information content (AvgIpc) is 3.21. The van der Waals surface area contributed by atoms with Gasteiger partial charge in [0.25, 0.3) is 5.56 Å². The third-order valence-corrected chi connectivity index (χ3v) is 7.51. The van der Waals surface area contributed by atoms with Crippen LogP contribution < -0.4 is 10.9 Å². The van der Waals surface area contributed by atoms with E-state index in [-0.39, 0.29) is 54.3 Å². The van der Waals surface area contributed by atoms with E-state index < -0.39 is 35.3 Å². The molecule has 0 spiro atoms. The fourth-order valence-electron chi connectivity index (χ4n) is 5.73. The zero-order valence-corrected chi connectivity index (χ0v) is 19.4. The zero-order valence-electron chi connectivity index (χ0n) is 19.4. The highest BCUT2D eigenvalue weighted by molar-refractivity contribution is 5.94. The fourth-order valence-corrected chi connectivity index (χ4v) is 5.73. The van der Waals surface area contributed by atoms with Crippen LogP contribution in [0.3, 0.4) is 0 Å². The third-order valence-electron chi connectivity index (χ3n) is 7.51. The molecule has 2 atom stereocenters. The predicted octanol–water partition coefficient (Wildman–Crippen LogP) is 2.45. The van der Waals surface area contributed by atoms with Crippen molar-refractivity contribution in [3.8, 4) is 17.1 Å². The van der Waals surface area contributed by atoms with E-state index in [4.69, 9.17) is 4.74 Å². The molecule has 0 bridgehead atoms. The van der Waals surface area contributed by atoms with Gasteiger partial charge >= 0.3 is 18.1 Å². The molecule has 0 saturated carbocycles. The summed E-state index contributed by atoms with van der Waals surface area (Å²) in [5.74, 6) is -3.04. The van der Waals surface area contributed by atoms with Crippen molar-refractivity contribution >= 4 is 22.8 Å². The van der Waals surface area contributed by atoms with Crippen LogP contribution >= 0.6 is 0 Å². The van der Waals surface area contributed by atoms with Crippen molar-refractivity contribution in [2.75, 3.05) is 0 Å². The molecule has 0 unspecified atom stereocenters. The minimum Gasteiger partial charge on any atom is -0.508 e. The Kier molecular flexibility index (Phi) is 4.78. The number of nitrogens with one attached hydrogen (secondary N) is 1. The van der Waals surface area contributed by atoms with Crippen LogP contribution in [0.2, 0.25) is 0 Å². The molecule has 1 aromatic carbocycles. The number of cyclic esters (lactones) is 1. The molecule has 3 aliphatic rings. The summed E-state index contributed by atoms with van der Waals surface area (Å²) in [4.78, 5) is 42.4. The SMILES string of the molecule is CC[C@@]1(O)C(=O)OCc2c1cc1n(c2=O)Cc2c-1nc1cc(O)cc3c1c2[C@@H](NC(=O)C(F)(F)F)CC3. The molecule has 4 heterocycles. The smallest absolute Gasteiger partial charge is 0.471 e. The second-order valence-corrected chi connectivity index (χ2v) is 9.52. The molecule has 1 aliphatic carbocycles. The van der Waals surface area contributed by atoms with Gasteiger partial charge in [0.2, 0.25) is 0 Å². The van der Waals surface area contributed by atoms with Crippen molar-refractivity contribution in [2.24, 2.45) is 0 Å². The molecule has 1 amide bonds. The number of aromatic nitrogens is 2. The van der Waals surface area contributed by atoms with E-state index in [0.29, 0.717) is 34.0 Å². The van der Waals surface area contributed by atoms with Crippen LogP contribution in [0.1, 0.15) is 53.6 Å². The van der Waals surface area contributed by atoms with Crippen molar-refractivity contribution in [1.29, 1.82) is 0 Å². The van der Waals surface area contributed by atoms with E-state index in [0.717, 1.165) is 0 Å². The maximum atomic E-state index is 13.5. The molecule has 0 fully saturated rings. The first-order valence-corrected chi connectivity index (χ1v) is 11.7. The van der Waals surface area contributed by atoms with Crippen molar-refractivity contribution in [1.82, 2.24) is 14.9 Å². The molecular weight excluding hydrogens is 495 g/mol. The quantitative estimate of drug-likeness (QED) is 0.350. The molecule has 0 saturated heterocycles.